The van der Waals surface area contributed by atoms with Gasteiger partial charge in [-0.3, -0.25) is 0 Å². The highest BCUT2D eigenvalue weighted by Crippen LogP contribution is 2.25. The van der Waals surface area contributed by atoms with E-state index in [1.165, 1.54) is 12.0 Å². The van der Waals surface area contributed by atoms with Crippen molar-refractivity contribution >= 4 is 0 Å². The monoisotopic (exact) mass is 237 g/mol. The van der Waals surface area contributed by atoms with Crippen LogP contribution in [-0.2, 0) is 4.74 Å². The van der Waals surface area contributed by atoms with Gasteiger partial charge in [0.25, 0.3) is 0 Å². The molecule has 0 bridgehead atoms. The molecule has 98 valence electrons. The van der Waals surface area contributed by atoms with Crippen LogP contribution in [0.2, 0.25) is 0 Å². The number of allylic oxidation sites excluding steroid dienone is 3. The third kappa shape index (κ3) is 4.55. The number of hydrogen-bond donors (Lipinski definition) is 1. The smallest absolute Gasteiger partial charge is 0.0471 e. The fourth-order valence-corrected chi connectivity index (χ4v) is 2.42. The fraction of sp³-hybridized carbons (Fsp3) is 0.733. The van der Waals surface area contributed by atoms with Crippen molar-refractivity contribution in [2.75, 3.05) is 13.2 Å². The van der Waals surface area contributed by atoms with E-state index < -0.39 is 0 Å². The summed E-state index contributed by atoms with van der Waals surface area (Å²) >= 11 is 0. The number of rotatable bonds is 5. The Bertz CT molecular complexity index is 262. The number of hydrogen-bond acceptors (Lipinski definition) is 2. The van der Waals surface area contributed by atoms with Crippen LogP contribution in [0.1, 0.15) is 40.0 Å². The maximum atomic E-state index is 5.75. The van der Waals surface area contributed by atoms with E-state index in [2.05, 4.69) is 32.9 Å². The molecule has 1 heterocycles. The molecule has 1 atom stereocenters. The van der Waals surface area contributed by atoms with Gasteiger partial charge in [-0.05, 0) is 48.8 Å². The van der Waals surface area contributed by atoms with E-state index in [1.807, 2.05) is 0 Å². The highest BCUT2D eigenvalue weighted by Gasteiger charge is 2.16. The third-order valence-electron chi connectivity index (χ3n) is 3.75. The number of nitrogens with two attached hydrogens (primary N) is 1. The van der Waals surface area contributed by atoms with Crippen LogP contribution >= 0.6 is 0 Å². The van der Waals surface area contributed by atoms with Gasteiger partial charge in [-0.1, -0.05) is 32.9 Å². The second-order valence-electron chi connectivity index (χ2n) is 5.23. The van der Waals surface area contributed by atoms with Crippen LogP contribution in [0.25, 0.3) is 0 Å². The molecule has 1 rings (SSSR count). The predicted molar refractivity (Wildman–Crippen MR) is 73.6 cm³/mol. The molecule has 2 heteroatoms. The second-order valence-corrected chi connectivity index (χ2v) is 5.23. The highest BCUT2D eigenvalue weighted by molar-refractivity contribution is 5.21. The first kappa shape index (κ1) is 14.3. The summed E-state index contributed by atoms with van der Waals surface area (Å²) in [5.74, 6) is 1.95. The quantitative estimate of drug-likeness (QED) is 0.743. The Morgan fingerprint density at radius 1 is 1.35 bits per heavy atom. The Morgan fingerprint density at radius 2 is 2.00 bits per heavy atom. The molecular weight excluding hydrogens is 210 g/mol. The van der Waals surface area contributed by atoms with Gasteiger partial charge in [0.2, 0.25) is 0 Å². The van der Waals surface area contributed by atoms with Gasteiger partial charge >= 0.3 is 0 Å². The Morgan fingerprint density at radius 3 is 2.47 bits per heavy atom. The van der Waals surface area contributed by atoms with Crippen LogP contribution < -0.4 is 5.73 Å². The lowest BCUT2D eigenvalue weighted by atomic mass is 9.88. The molecule has 1 aliphatic heterocycles. The summed E-state index contributed by atoms with van der Waals surface area (Å²) in [6.45, 7) is 8.54. The van der Waals surface area contributed by atoms with E-state index in [1.54, 1.807) is 6.20 Å². The van der Waals surface area contributed by atoms with Gasteiger partial charge in [0, 0.05) is 13.2 Å². The molecule has 2 nitrogen and oxygen atoms in total. The molecule has 17 heavy (non-hydrogen) atoms. The Hall–Kier alpha value is -0.760. The SMILES string of the molecule is CCC(/C=C\C(=C/N)C1CCOCC1)C(C)C. The molecule has 0 aliphatic carbocycles. The molecule has 0 aromatic heterocycles. The zero-order valence-electron chi connectivity index (χ0n) is 11.5. The normalized spacial score (nSPS) is 21.3. The van der Waals surface area contributed by atoms with Crippen molar-refractivity contribution in [3.05, 3.63) is 23.9 Å². The molecule has 0 radical (unpaired) electrons. The lowest BCUT2D eigenvalue weighted by Gasteiger charge is -2.23. The van der Waals surface area contributed by atoms with E-state index in [4.69, 9.17) is 10.5 Å². The van der Waals surface area contributed by atoms with E-state index >= 15 is 0 Å². The average Bonchev–Trinajstić information content (AvgIpc) is 2.35. The van der Waals surface area contributed by atoms with E-state index in [0.717, 1.165) is 26.1 Å². The zero-order valence-corrected chi connectivity index (χ0v) is 11.5. The largest absolute Gasteiger partial charge is 0.404 e. The molecular formula is C15H27NO. The first-order valence-electron chi connectivity index (χ1n) is 6.86. The van der Waals surface area contributed by atoms with Gasteiger partial charge in [0.1, 0.15) is 0 Å². The third-order valence-corrected chi connectivity index (χ3v) is 3.75. The molecule has 0 spiro atoms. The summed E-state index contributed by atoms with van der Waals surface area (Å²) < 4.78 is 5.39. The minimum Gasteiger partial charge on any atom is -0.404 e. The van der Waals surface area contributed by atoms with Crippen molar-refractivity contribution in [1.29, 1.82) is 0 Å². The van der Waals surface area contributed by atoms with Crippen molar-refractivity contribution in [2.45, 2.75) is 40.0 Å². The maximum Gasteiger partial charge on any atom is 0.0471 e. The van der Waals surface area contributed by atoms with Gasteiger partial charge < -0.3 is 10.5 Å². The second kappa shape index (κ2) is 7.54. The topological polar surface area (TPSA) is 35.2 Å². The molecule has 0 aromatic rings. The highest BCUT2D eigenvalue weighted by atomic mass is 16.5. The van der Waals surface area contributed by atoms with Gasteiger partial charge in [-0.25, -0.2) is 0 Å². The van der Waals surface area contributed by atoms with Gasteiger partial charge in [0.05, 0.1) is 0 Å². The predicted octanol–water partition coefficient (Wildman–Crippen LogP) is 3.49. The van der Waals surface area contributed by atoms with E-state index in [-0.39, 0.29) is 0 Å². The van der Waals surface area contributed by atoms with Gasteiger partial charge in [-0.15, -0.1) is 0 Å². The molecule has 1 saturated heterocycles. The molecule has 1 unspecified atom stereocenters. The zero-order chi connectivity index (χ0) is 12.7. The summed E-state index contributed by atoms with van der Waals surface area (Å²) in [7, 11) is 0. The summed E-state index contributed by atoms with van der Waals surface area (Å²) in [5, 5.41) is 0. The molecule has 0 amide bonds. The van der Waals surface area contributed by atoms with Crippen molar-refractivity contribution in [2.24, 2.45) is 23.5 Å². The minimum absolute atomic E-state index is 0.592. The van der Waals surface area contributed by atoms with Crippen molar-refractivity contribution in [1.82, 2.24) is 0 Å². The Labute approximate surface area is 106 Å². The van der Waals surface area contributed by atoms with Crippen LogP contribution in [0.5, 0.6) is 0 Å². The molecule has 1 aliphatic rings. The first-order valence-corrected chi connectivity index (χ1v) is 6.86. The molecule has 0 aromatic carbocycles. The summed E-state index contributed by atoms with van der Waals surface area (Å²) in [4.78, 5) is 0. The van der Waals surface area contributed by atoms with Crippen LogP contribution in [-0.4, -0.2) is 13.2 Å². The standard InChI is InChI=1S/C15H27NO/c1-4-13(12(2)3)5-6-15(11-16)14-7-9-17-10-8-14/h5-6,11-14H,4,7-10,16H2,1-3H3/b6-5-,15-11+. The first-order chi connectivity index (χ1) is 8.19. The Balaban J connectivity index is 2.59. The molecule has 0 saturated carbocycles. The van der Waals surface area contributed by atoms with Crippen LogP contribution in [0.15, 0.2) is 23.9 Å². The van der Waals surface area contributed by atoms with Crippen LogP contribution in [0, 0.1) is 17.8 Å². The van der Waals surface area contributed by atoms with Crippen molar-refractivity contribution in [3.63, 3.8) is 0 Å². The summed E-state index contributed by atoms with van der Waals surface area (Å²) in [6, 6.07) is 0. The van der Waals surface area contributed by atoms with Crippen molar-refractivity contribution < 1.29 is 4.74 Å². The molecule has 1 fully saturated rings. The van der Waals surface area contributed by atoms with E-state index in [0.29, 0.717) is 17.8 Å². The van der Waals surface area contributed by atoms with Crippen LogP contribution in [0.4, 0.5) is 0 Å². The average molecular weight is 237 g/mol. The number of ether oxygens (including phenoxy) is 1. The van der Waals surface area contributed by atoms with Gasteiger partial charge in [-0.2, -0.15) is 0 Å². The molecule has 2 N–H and O–H groups in total. The van der Waals surface area contributed by atoms with E-state index in [9.17, 15) is 0 Å². The maximum absolute atomic E-state index is 5.75. The summed E-state index contributed by atoms with van der Waals surface area (Å²) in [6.07, 6.45) is 9.75. The fourth-order valence-electron chi connectivity index (χ4n) is 2.42. The lowest BCUT2D eigenvalue weighted by molar-refractivity contribution is 0.0765. The lowest BCUT2D eigenvalue weighted by Crippen LogP contribution is -2.17. The van der Waals surface area contributed by atoms with Crippen LogP contribution in [0.3, 0.4) is 0 Å². The minimum atomic E-state index is 0.592. The Kier molecular flexibility index (Phi) is 6.35. The van der Waals surface area contributed by atoms with Gasteiger partial charge in [0.15, 0.2) is 0 Å². The summed E-state index contributed by atoms with van der Waals surface area (Å²) in [5.41, 5.74) is 7.04. The van der Waals surface area contributed by atoms with Crippen molar-refractivity contribution in [3.8, 4) is 0 Å².